The maximum absolute atomic E-state index is 10.1. The Labute approximate surface area is 135 Å². The molecule has 0 radical (unpaired) electrons. The van der Waals surface area contributed by atoms with Crippen LogP contribution in [0.3, 0.4) is 0 Å². The predicted octanol–water partition coefficient (Wildman–Crippen LogP) is 4.92. The highest BCUT2D eigenvalue weighted by Gasteiger charge is 2.17. The van der Waals surface area contributed by atoms with Gasteiger partial charge in [-0.2, -0.15) is 0 Å². The number of hydrogen-bond acceptors (Lipinski definition) is 2. The Morgan fingerprint density at radius 3 is 2.29 bits per heavy atom. The number of halogens is 1. The highest BCUT2D eigenvalue weighted by molar-refractivity contribution is 9.10. The Hall–Kier alpha value is -1.32. The Bertz CT molecular complexity index is 581. The third kappa shape index (κ3) is 4.08. The molecule has 0 aliphatic rings. The number of aliphatic hydroxyl groups excluding tert-OH is 1. The predicted molar refractivity (Wildman–Crippen MR) is 92.5 cm³/mol. The van der Waals surface area contributed by atoms with Crippen molar-refractivity contribution in [1.29, 1.82) is 0 Å². The van der Waals surface area contributed by atoms with E-state index >= 15 is 0 Å². The van der Waals surface area contributed by atoms with Gasteiger partial charge in [0.15, 0.2) is 0 Å². The summed E-state index contributed by atoms with van der Waals surface area (Å²) in [5, 5.41) is 10.1. The van der Waals surface area contributed by atoms with Gasteiger partial charge in [0, 0.05) is 28.3 Å². The molecule has 2 aromatic carbocycles. The monoisotopic (exact) mass is 347 g/mol. The van der Waals surface area contributed by atoms with E-state index < -0.39 is 6.10 Å². The highest BCUT2D eigenvalue weighted by Crippen LogP contribution is 2.32. The van der Waals surface area contributed by atoms with Crippen LogP contribution in [0.1, 0.15) is 38.0 Å². The first-order valence-electron chi connectivity index (χ1n) is 7.27. The van der Waals surface area contributed by atoms with E-state index in [1.54, 1.807) is 0 Å². The molecule has 2 nitrogen and oxygen atoms in total. The van der Waals surface area contributed by atoms with Gasteiger partial charge in [0.2, 0.25) is 0 Å². The molecule has 1 atom stereocenters. The van der Waals surface area contributed by atoms with E-state index in [0.717, 1.165) is 22.3 Å². The average molecular weight is 348 g/mol. The molecule has 3 heteroatoms. The zero-order chi connectivity index (χ0) is 15.4. The summed E-state index contributed by atoms with van der Waals surface area (Å²) in [5.74, 6) is 0. The maximum Gasteiger partial charge on any atom is 0.0782 e. The first kappa shape index (κ1) is 16.1. The molecule has 1 unspecified atom stereocenters. The zero-order valence-electron chi connectivity index (χ0n) is 12.8. The number of anilines is 1. The van der Waals surface area contributed by atoms with Crippen LogP contribution in [0.25, 0.3) is 0 Å². The lowest BCUT2D eigenvalue weighted by Gasteiger charge is -2.32. The van der Waals surface area contributed by atoms with Gasteiger partial charge in [0.25, 0.3) is 0 Å². The largest absolute Gasteiger partial charge is 0.389 e. The Kier molecular flexibility index (Phi) is 5.43. The quantitative estimate of drug-likeness (QED) is 0.829. The number of nitrogens with zero attached hydrogens (tertiary/aromatic N) is 1. The molecule has 0 aliphatic heterocycles. The fourth-order valence-electron chi connectivity index (χ4n) is 2.44. The second kappa shape index (κ2) is 7.10. The van der Waals surface area contributed by atoms with Gasteiger partial charge >= 0.3 is 0 Å². The van der Waals surface area contributed by atoms with E-state index in [1.165, 1.54) is 5.56 Å². The van der Waals surface area contributed by atoms with Gasteiger partial charge in [-0.05, 0) is 38.5 Å². The third-order valence-corrected chi connectivity index (χ3v) is 4.06. The minimum Gasteiger partial charge on any atom is -0.389 e. The smallest absolute Gasteiger partial charge is 0.0782 e. The highest BCUT2D eigenvalue weighted by atomic mass is 79.9. The van der Waals surface area contributed by atoms with Crippen LogP contribution in [-0.4, -0.2) is 11.1 Å². The summed E-state index contributed by atoms with van der Waals surface area (Å²) in [4.78, 5) is 2.32. The first-order valence-corrected chi connectivity index (χ1v) is 8.06. The molecule has 0 spiro atoms. The Morgan fingerprint density at radius 2 is 1.71 bits per heavy atom. The lowest BCUT2D eigenvalue weighted by atomic mass is 10.0. The lowest BCUT2D eigenvalue weighted by molar-refractivity contribution is 0.199. The van der Waals surface area contributed by atoms with Crippen LogP contribution in [0.5, 0.6) is 0 Å². The summed E-state index contributed by atoms with van der Waals surface area (Å²) in [5.41, 5.74) is 3.31. The van der Waals surface area contributed by atoms with Crippen molar-refractivity contribution in [2.24, 2.45) is 0 Å². The van der Waals surface area contributed by atoms with Crippen LogP contribution >= 0.6 is 15.9 Å². The summed E-state index contributed by atoms with van der Waals surface area (Å²) in [6, 6.07) is 16.8. The molecule has 0 aliphatic carbocycles. The molecule has 2 rings (SSSR count). The maximum atomic E-state index is 10.1. The molecule has 21 heavy (non-hydrogen) atoms. The summed E-state index contributed by atoms with van der Waals surface area (Å²) in [6.07, 6.45) is -0.481. The van der Waals surface area contributed by atoms with Gasteiger partial charge in [-0.1, -0.05) is 52.3 Å². The summed E-state index contributed by atoms with van der Waals surface area (Å²) in [7, 11) is 0. The van der Waals surface area contributed by atoms with Crippen molar-refractivity contribution in [1.82, 2.24) is 0 Å². The molecule has 0 heterocycles. The van der Waals surface area contributed by atoms with Gasteiger partial charge < -0.3 is 10.0 Å². The molecular formula is C18H22BrNO. The molecule has 0 bridgehead atoms. The van der Waals surface area contributed by atoms with Crippen molar-refractivity contribution in [3.8, 4) is 0 Å². The molecule has 0 saturated carbocycles. The number of hydrogen-bond donors (Lipinski definition) is 1. The topological polar surface area (TPSA) is 23.5 Å². The van der Waals surface area contributed by atoms with Crippen molar-refractivity contribution < 1.29 is 5.11 Å². The molecule has 0 fully saturated rings. The van der Waals surface area contributed by atoms with Gasteiger partial charge in [-0.3, -0.25) is 0 Å². The van der Waals surface area contributed by atoms with Crippen LogP contribution in [0.4, 0.5) is 5.69 Å². The van der Waals surface area contributed by atoms with Gasteiger partial charge in [-0.15, -0.1) is 0 Å². The van der Waals surface area contributed by atoms with Crippen LogP contribution in [0.2, 0.25) is 0 Å². The van der Waals surface area contributed by atoms with Crippen molar-refractivity contribution in [3.63, 3.8) is 0 Å². The second-order valence-corrected chi connectivity index (χ2v) is 6.50. The molecule has 0 aromatic heterocycles. The molecule has 0 saturated heterocycles. The number of aliphatic hydroxyl groups is 1. The standard InChI is InChI=1S/C18H22BrNO/c1-13(2)20(12-15-7-5-4-6-8-15)18-11-16(19)9-10-17(18)14(3)21/h4-11,13-14,21H,12H2,1-3H3. The van der Waals surface area contributed by atoms with Crippen LogP contribution < -0.4 is 4.90 Å². The van der Waals surface area contributed by atoms with Gasteiger partial charge in [-0.25, -0.2) is 0 Å². The minimum absolute atomic E-state index is 0.344. The van der Waals surface area contributed by atoms with Crippen molar-refractivity contribution in [2.45, 2.75) is 39.5 Å². The molecule has 2 aromatic rings. The Morgan fingerprint density at radius 1 is 1.05 bits per heavy atom. The van der Waals surface area contributed by atoms with Crippen LogP contribution in [-0.2, 0) is 6.54 Å². The van der Waals surface area contributed by atoms with Crippen molar-refractivity contribution in [3.05, 3.63) is 64.1 Å². The van der Waals surface area contributed by atoms with Gasteiger partial charge in [0.05, 0.1) is 6.10 Å². The molecule has 0 amide bonds. The molecular weight excluding hydrogens is 326 g/mol. The first-order chi connectivity index (χ1) is 9.99. The summed E-state index contributed by atoms with van der Waals surface area (Å²) >= 11 is 3.54. The van der Waals surface area contributed by atoms with E-state index in [9.17, 15) is 5.11 Å². The van der Waals surface area contributed by atoms with E-state index in [4.69, 9.17) is 0 Å². The average Bonchev–Trinajstić information content (AvgIpc) is 2.45. The lowest BCUT2D eigenvalue weighted by Crippen LogP contribution is -2.31. The SMILES string of the molecule is CC(O)c1ccc(Br)cc1N(Cc1ccccc1)C(C)C. The fraction of sp³-hybridized carbons (Fsp3) is 0.333. The van der Waals surface area contributed by atoms with E-state index in [0.29, 0.717) is 6.04 Å². The van der Waals surface area contributed by atoms with E-state index in [-0.39, 0.29) is 0 Å². The van der Waals surface area contributed by atoms with Crippen molar-refractivity contribution in [2.75, 3.05) is 4.90 Å². The molecule has 112 valence electrons. The van der Waals surface area contributed by atoms with Gasteiger partial charge in [0.1, 0.15) is 0 Å². The van der Waals surface area contributed by atoms with E-state index in [1.807, 2.05) is 25.1 Å². The van der Waals surface area contributed by atoms with Crippen LogP contribution in [0.15, 0.2) is 53.0 Å². The fourth-order valence-corrected chi connectivity index (χ4v) is 2.79. The Balaban J connectivity index is 2.41. The number of rotatable bonds is 5. The third-order valence-electron chi connectivity index (χ3n) is 3.57. The van der Waals surface area contributed by atoms with E-state index in [2.05, 4.69) is 65.0 Å². The molecule has 1 N–H and O–H groups in total. The second-order valence-electron chi connectivity index (χ2n) is 5.59. The normalized spacial score (nSPS) is 12.5. The van der Waals surface area contributed by atoms with Crippen LogP contribution in [0, 0.1) is 0 Å². The zero-order valence-corrected chi connectivity index (χ0v) is 14.3. The summed E-state index contributed by atoms with van der Waals surface area (Å²) in [6.45, 7) is 6.99. The summed E-state index contributed by atoms with van der Waals surface area (Å²) < 4.78 is 1.03. The minimum atomic E-state index is -0.481. The van der Waals surface area contributed by atoms with Crippen molar-refractivity contribution >= 4 is 21.6 Å². The number of benzene rings is 2.